The van der Waals surface area contributed by atoms with Gasteiger partial charge in [-0.25, -0.2) is 9.67 Å². The summed E-state index contributed by atoms with van der Waals surface area (Å²) in [5.74, 6) is 2.29. The fraction of sp³-hybridized carbons (Fsp3) is 0.350. The molecule has 0 amide bonds. The molecule has 2 atom stereocenters. The van der Waals surface area contributed by atoms with E-state index >= 15 is 0 Å². The van der Waals surface area contributed by atoms with Crippen molar-refractivity contribution < 1.29 is 4.74 Å². The third-order valence-electron chi connectivity index (χ3n) is 5.70. The SMILES string of the molecule is CCn1c(-c2ccncc2)nc2c(N3CC4CC3CO4)nc(-n3cccn3)nc21. The van der Waals surface area contributed by atoms with Crippen molar-refractivity contribution in [3.63, 3.8) is 0 Å². The van der Waals surface area contributed by atoms with Crippen LogP contribution in [0.2, 0.25) is 0 Å². The smallest absolute Gasteiger partial charge is 0.254 e. The van der Waals surface area contributed by atoms with E-state index in [1.807, 2.05) is 24.4 Å². The van der Waals surface area contributed by atoms with Crippen molar-refractivity contribution in [1.29, 1.82) is 0 Å². The lowest BCUT2D eigenvalue weighted by Gasteiger charge is -2.28. The first-order valence-corrected chi connectivity index (χ1v) is 9.88. The Balaban J connectivity index is 1.61. The standard InChI is InChI=1S/C20H20N8O/c1-2-26-17(13-4-7-21-8-5-13)23-16-18(26)24-20(28-9-3-6-22-28)25-19(16)27-11-15-10-14(27)12-29-15/h3-9,14-15H,2,10-12H2,1H3. The van der Waals surface area contributed by atoms with Crippen LogP contribution in [0.3, 0.4) is 0 Å². The zero-order chi connectivity index (χ0) is 19.4. The molecule has 4 aromatic rings. The number of morpholine rings is 1. The Bertz CT molecular complexity index is 1170. The molecular weight excluding hydrogens is 368 g/mol. The minimum absolute atomic E-state index is 0.270. The maximum Gasteiger partial charge on any atom is 0.254 e. The molecule has 2 aliphatic heterocycles. The van der Waals surface area contributed by atoms with Gasteiger partial charge in [-0.15, -0.1) is 0 Å². The van der Waals surface area contributed by atoms with Crippen LogP contribution >= 0.6 is 0 Å². The van der Waals surface area contributed by atoms with E-state index in [4.69, 9.17) is 19.7 Å². The number of aryl methyl sites for hydroxylation is 1. The number of ether oxygens (including phenoxy) is 1. The molecule has 4 aromatic heterocycles. The number of fused-ring (bicyclic) bond motifs is 3. The van der Waals surface area contributed by atoms with Crippen molar-refractivity contribution >= 4 is 17.0 Å². The van der Waals surface area contributed by atoms with Gasteiger partial charge < -0.3 is 14.2 Å². The average Bonchev–Trinajstić information content (AvgIpc) is 3.56. The van der Waals surface area contributed by atoms with Gasteiger partial charge in [-0.2, -0.15) is 15.1 Å². The Kier molecular flexibility index (Phi) is 3.63. The molecule has 9 heteroatoms. The molecule has 2 bridgehead atoms. The van der Waals surface area contributed by atoms with Crippen molar-refractivity contribution in [3.8, 4) is 17.3 Å². The molecule has 2 fully saturated rings. The van der Waals surface area contributed by atoms with Gasteiger partial charge in [-0.3, -0.25) is 4.98 Å². The van der Waals surface area contributed by atoms with E-state index in [1.54, 1.807) is 23.3 Å². The van der Waals surface area contributed by atoms with Crippen LogP contribution in [0, 0.1) is 0 Å². The molecule has 2 unspecified atom stereocenters. The highest BCUT2D eigenvalue weighted by atomic mass is 16.5. The zero-order valence-corrected chi connectivity index (χ0v) is 16.0. The Morgan fingerprint density at radius 1 is 1.14 bits per heavy atom. The third-order valence-corrected chi connectivity index (χ3v) is 5.70. The summed E-state index contributed by atoms with van der Waals surface area (Å²) in [5, 5.41) is 4.34. The highest BCUT2D eigenvalue weighted by molar-refractivity contribution is 5.88. The topological polar surface area (TPSA) is 86.8 Å². The maximum absolute atomic E-state index is 5.80. The Hall–Kier alpha value is -3.33. The molecular formula is C20H20N8O. The normalized spacial score (nSPS) is 20.8. The fourth-order valence-electron chi connectivity index (χ4n) is 4.34. The van der Waals surface area contributed by atoms with E-state index in [9.17, 15) is 0 Å². The van der Waals surface area contributed by atoms with Crippen LogP contribution < -0.4 is 4.90 Å². The van der Waals surface area contributed by atoms with Gasteiger partial charge in [-0.05, 0) is 31.5 Å². The molecule has 0 aliphatic carbocycles. The van der Waals surface area contributed by atoms with Crippen LogP contribution in [-0.2, 0) is 11.3 Å². The summed E-state index contributed by atoms with van der Waals surface area (Å²) in [4.78, 5) is 21.2. The summed E-state index contributed by atoms with van der Waals surface area (Å²) in [7, 11) is 0. The van der Waals surface area contributed by atoms with Crippen LogP contribution in [-0.4, -0.2) is 59.6 Å². The van der Waals surface area contributed by atoms with Crippen LogP contribution in [0.4, 0.5) is 5.82 Å². The van der Waals surface area contributed by atoms with Gasteiger partial charge in [0.25, 0.3) is 5.95 Å². The molecule has 0 spiro atoms. The summed E-state index contributed by atoms with van der Waals surface area (Å²) in [6, 6.07) is 6.15. The van der Waals surface area contributed by atoms with Crippen LogP contribution in [0.5, 0.6) is 0 Å². The molecule has 29 heavy (non-hydrogen) atoms. The van der Waals surface area contributed by atoms with Crippen molar-refractivity contribution in [2.24, 2.45) is 0 Å². The van der Waals surface area contributed by atoms with Crippen LogP contribution in [0.15, 0.2) is 43.0 Å². The van der Waals surface area contributed by atoms with Gasteiger partial charge in [0.15, 0.2) is 17.0 Å². The van der Waals surface area contributed by atoms with Gasteiger partial charge in [0.05, 0.1) is 18.8 Å². The predicted molar refractivity (Wildman–Crippen MR) is 107 cm³/mol. The Labute approximate surface area is 167 Å². The number of hydrogen-bond donors (Lipinski definition) is 0. The summed E-state index contributed by atoms with van der Waals surface area (Å²) in [6.45, 7) is 4.42. The molecule has 2 aliphatic rings. The molecule has 2 saturated heterocycles. The van der Waals surface area contributed by atoms with Crippen LogP contribution in [0.25, 0.3) is 28.5 Å². The molecule has 6 heterocycles. The summed E-state index contributed by atoms with van der Waals surface area (Å²) in [5.41, 5.74) is 2.65. The average molecular weight is 388 g/mol. The first kappa shape index (κ1) is 16.6. The van der Waals surface area contributed by atoms with Gasteiger partial charge in [-0.1, -0.05) is 0 Å². The molecule has 9 nitrogen and oxygen atoms in total. The van der Waals surface area contributed by atoms with E-state index in [0.717, 1.165) is 54.5 Å². The molecule has 0 saturated carbocycles. The van der Waals surface area contributed by atoms with Gasteiger partial charge in [0.2, 0.25) is 0 Å². The highest BCUT2D eigenvalue weighted by Gasteiger charge is 2.41. The second kappa shape index (κ2) is 6.35. The maximum atomic E-state index is 5.80. The number of imidazole rings is 1. The van der Waals surface area contributed by atoms with Gasteiger partial charge in [0, 0.05) is 43.4 Å². The number of anilines is 1. The minimum atomic E-state index is 0.270. The van der Waals surface area contributed by atoms with Crippen LogP contribution in [0.1, 0.15) is 13.3 Å². The largest absolute Gasteiger partial charge is 0.374 e. The van der Waals surface area contributed by atoms with Crippen molar-refractivity contribution in [2.45, 2.75) is 32.0 Å². The minimum Gasteiger partial charge on any atom is -0.374 e. The lowest BCUT2D eigenvalue weighted by atomic mass is 10.2. The van der Waals surface area contributed by atoms with E-state index < -0.39 is 0 Å². The Morgan fingerprint density at radius 3 is 2.72 bits per heavy atom. The highest BCUT2D eigenvalue weighted by Crippen LogP contribution is 2.36. The van der Waals surface area contributed by atoms with Gasteiger partial charge >= 0.3 is 0 Å². The zero-order valence-electron chi connectivity index (χ0n) is 16.0. The number of hydrogen-bond acceptors (Lipinski definition) is 7. The van der Waals surface area contributed by atoms with Crippen molar-refractivity contribution in [2.75, 3.05) is 18.1 Å². The number of rotatable bonds is 4. The second-order valence-corrected chi connectivity index (χ2v) is 7.38. The molecule has 0 radical (unpaired) electrons. The Morgan fingerprint density at radius 2 is 2.03 bits per heavy atom. The second-order valence-electron chi connectivity index (χ2n) is 7.38. The molecule has 0 N–H and O–H groups in total. The monoisotopic (exact) mass is 388 g/mol. The van der Waals surface area contributed by atoms with Gasteiger partial charge in [0.1, 0.15) is 5.82 Å². The molecule has 0 aromatic carbocycles. The first-order chi connectivity index (χ1) is 14.3. The summed E-state index contributed by atoms with van der Waals surface area (Å²) >= 11 is 0. The van der Waals surface area contributed by atoms with Crippen molar-refractivity contribution in [1.82, 2.24) is 34.3 Å². The van der Waals surface area contributed by atoms with Crippen molar-refractivity contribution in [3.05, 3.63) is 43.0 Å². The molecule has 146 valence electrons. The van der Waals surface area contributed by atoms with E-state index in [1.165, 1.54) is 0 Å². The number of pyridine rings is 1. The molecule has 6 rings (SSSR count). The summed E-state index contributed by atoms with van der Waals surface area (Å²) in [6.07, 6.45) is 8.47. The van der Waals surface area contributed by atoms with E-state index in [0.29, 0.717) is 12.0 Å². The van der Waals surface area contributed by atoms with E-state index in [2.05, 4.69) is 26.5 Å². The summed E-state index contributed by atoms with van der Waals surface area (Å²) < 4.78 is 9.64. The lowest BCUT2D eigenvalue weighted by Crippen LogP contribution is -2.37. The lowest BCUT2D eigenvalue weighted by molar-refractivity contribution is 0.0989. The quantitative estimate of drug-likeness (QED) is 0.529. The first-order valence-electron chi connectivity index (χ1n) is 9.88. The number of nitrogens with zero attached hydrogens (tertiary/aromatic N) is 8. The fourth-order valence-corrected chi connectivity index (χ4v) is 4.34. The van der Waals surface area contributed by atoms with E-state index in [-0.39, 0.29) is 6.10 Å². The third kappa shape index (κ3) is 2.54. The number of aromatic nitrogens is 7. The predicted octanol–water partition coefficient (Wildman–Crippen LogP) is 2.07.